The van der Waals surface area contributed by atoms with Crippen LogP contribution in [0.4, 0.5) is 0 Å². The molecule has 2 atom stereocenters. The Labute approximate surface area is 191 Å². The van der Waals surface area contributed by atoms with Crippen molar-refractivity contribution in [3.63, 3.8) is 0 Å². The van der Waals surface area contributed by atoms with Crippen molar-refractivity contribution >= 4 is 0 Å². The largest absolute Gasteiger partial charge is 0.489 e. The summed E-state index contributed by atoms with van der Waals surface area (Å²) in [5.41, 5.74) is 2.78. The van der Waals surface area contributed by atoms with E-state index in [1.807, 2.05) is 42.5 Å². The van der Waals surface area contributed by atoms with Crippen LogP contribution in [-0.4, -0.2) is 34.9 Å². The van der Waals surface area contributed by atoms with Gasteiger partial charge < -0.3 is 14.6 Å². The van der Waals surface area contributed by atoms with Crippen molar-refractivity contribution in [2.24, 2.45) is 0 Å². The van der Waals surface area contributed by atoms with Gasteiger partial charge in [0.15, 0.2) is 6.23 Å². The van der Waals surface area contributed by atoms with Crippen molar-refractivity contribution in [2.45, 2.75) is 51.5 Å². The lowest BCUT2D eigenvalue weighted by molar-refractivity contribution is -0.103. The summed E-state index contributed by atoms with van der Waals surface area (Å²) >= 11 is 0. The van der Waals surface area contributed by atoms with E-state index in [0.29, 0.717) is 19.4 Å². The van der Waals surface area contributed by atoms with Crippen LogP contribution in [0, 0.1) is 6.92 Å². The molecule has 0 radical (unpaired) electrons. The Morgan fingerprint density at radius 2 is 1.59 bits per heavy atom. The summed E-state index contributed by atoms with van der Waals surface area (Å²) in [5.74, 6) is 1.60. The molecule has 0 aliphatic carbocycles. The topological polar surface area (TPSA) is 41.9 Å². The van der Waals surface area contributed by atoms with E-state index >= 15 is 0 Å². The van der Waals surface area contributed by atoms with Crippen LogP contribution in [0.1, 0.15) is 36.5 Å². The molecule has 3 aromatic rings. The molecule has 4 heteroatoms. The second-order valence-electron chi connectivity index (χ2n) is 8.79. The van der Waals surface area contributed by atoms with Crippen molar-refractivity contribution in [1.29, 1.82) is 0 Å². The van der Waals surface area contributed by atoms with Gasteiger partial charge >= 0.3 is 0 Å². The van der Waals surface area contributed by atoms with E-state index in [2.05, 4.69) is 55.1 Å². The van der Waals surface area contributed by atoms with E-state index in [-0.39, 0.29) is 6.23 Å². The first-order valence-electron chi connectivity index (χ1n) is 11.5. The summed E-state index contributed by atoms with van der Waals surface area (Å²) in [4.78, 5) is 2.30. The highest BCUT2D eigenvalue weighted by Gasteiger charge is 2.39. The summed E-state index contributed by atoms with van der Waals surface area (Å²) in [5, 5.41) is 11.4. The third-order valence-corrected chi connectivity index (χ3v) is 6.23. The Balaban J connectivity index is 1.38. The predicted octanol–water partition coefficient (Wildman–Crippen LogP) is 5.37. The molecule has 1 aliphatic heterocycles. The van der Waals surface area contributed by atoms with Crippen molar-refractivity contribution in [2.75, 3.05) is 13.1 Å². The maximum Gasteiger partial charge on any atom is 0.155 e. The summed E-state index contributed by atoms with van der Waals surface area (Å²) < 4.78 is 12.2. The molecule has 1 saturated heterocycles. The maximum atomic E-state index is 11.4. The second-order valence-corrected chi connectivity index (χ2v) is 8.79. The first kappa shape index (κ1) is 22.4. The molecular weight excluding hydrogens is 398 g/mol. The third kappa shape index (κ3) is 5.90. The number of piperidine rings is 1. The first-order valence-corrected chi connectivity index (χ1v) is 11.5. The van der Waals surface area contributed by atoms with Crippen LogP contribution in [0.2, 0.25) is 0 Å². The number of aryl methyl sites for hydroxylation is 1. The minimum atomic E-state index is -0.760. The van der Waals surface area contributed by atoms with Gasteiger partial charge in [0.2, 0.25) is 0 Å². The van der Waals surface area contributed by atoms with E-state index in [1.54, 1.807) is 0 Å². The molecule has 1 fully saturated rings. The number of likely N-dealkylation sites (tertiary alicyclic amines) is 1. The number of nitrogens with zero attached hydrogens (tertiary/aromatic N) is 1. The zero-order valence-electron chi connectivity index (χ0n) is 19.0. The number of rotatable bonds is 8. The number of benzene rings is 3. The molecule has 32 heavy (non-hydrogen) atoms. The fraction of sp³-hybridized carbons (Fsp3) is 0.357. The third-order valence-electron chi connectivity index (χ3n) is 6.23. The summed E-state index contributed by atoms with van der Waals surface area (Å²) in [7, 11) is 0. The number of hydrogen-bond acceptors (Lipinski definition) is 4. The lowest BCUT2D eigenvalue weighted by Crippen LogP contribution is -2.53. The average Bonchev–Trinajstić information content (AvgIpc) is 2.81. The van der Waals surface area contributed by atoms with Crippen LogP contribution >= 0.6 is 0 Å². The fourth-order valence-electron chi connectivity index (χ4n) is 4.29. The van der Waals surface area contributed by atoms with Crippen LogP contribution in [0.5, 0.6) is 11.5 Å². The zero-order valence-corrected chi connectivity index (χ0v) is 19.0. The van der Waals surface area contributed by atoms with Gasteiger partial charge in [-0.3, -0.25) is 4.90 Å². The second kappa shape index (κ2) is 10.2. The Morgan fingerprint density at radius 1 is 0.906 bits per heavy atom. The molecule has 1 N–H and O–H groups in total. The van der Waals surface area contributed by atoms with Gasteiger partial charge in [0.25, 0.3) is 0 Å². The summed E-state index contributed by atoms with van der Waals surface area (Å²) in [6.45, 7) is 6.48. The van der Waals surface area contributed by atoms with Crippen LogP contribution < -0.4 is 9.47 Å². The van der Waals surface area contributed by atoms with Gasteiger partial charge in [0, 0.05) is 19.4 Å². The highest BCUT2D eigenvalue weighted by atomic mass is 16.5. The Bertz CT molecular complexity index is 972. The maximum absolute atomic E-state index is 11.4. The lowest BCUT2D eigenvalue weighted by Gasteiger charge is -2.43. The lowest BCUT2D eigenvalue weighted by atomic mass is 9.84. The van der Waals surface area contributed by atoms with Gasteiger partial charge in [0.05, 0.1) is 5.60 Å². The molecule has 1 heterocycles. The molecule has 0 spiro atoms. The minimum absolute atomic E-state index is 0.153. The molecular formula is C28H33NO3. The number of ether oxygens (including phenoxy) is 2. The van der Waals surface area contributed by atoms with Crippen molar-refractivity contribution in [3.8, 4) is 11.5 Å². The van der Waals surface area contributed by atoms with Gasteiger partial charge in [0.1, 0.15) is 18.1 Å². The molecule has 0 amide bonds. The standard InChI is InChI=1S/C28H33NO3/c1-3-29-18-17-28(30,19-23-11-9-22(2)10-12-23)20-27(29)32-26-15-13-25(14-16-26)31-21-24-7-5-4-6-8-24/h4-16,27,30H,3,17-21H2,1-2H3. The molecule has 3 aromatic carbocycles. The summed E-state index contributed by atoms with van der Waals surface area (Å²) in [6, 6.07) is 26.4. The smallest absolute Gasteiger partial charge is 0.155 e. The quantitative estimate of drug-likeness (QED) is 0.521. The molecule has 4 rings (SSSR count). The molecule has 1 aliphatic rings. The Morgan fingerprint density at radius 3 is 2.28 bits per heavy atom. The van der Waals surface area contributed by atoms with Gasteiger partial charge in [-0.2, -0.15) is 0 Å². The molecule has 4 nitrogen and oxygen atoms in total. The van der Waals surface area contributed by atoms with Crippen LogP contribution in [-0.2, 0) is 13.0 Å². The van der Waals surface area contributed by atoms with Gasteiger partial charge in [-0.05, 0) is 55.3 Å². The molecule has 2 unspecified atom stereocenters. The first-order chi connectivity index (χ1) is 15.5. The van der Waals surface area contributed by atoms with Crippen molar-refractivity contribution in [1.82, 2.24) is 4.90 Å². The minimum Gasteiger partial charge on any atom is -0.489 e. The van der Waals surface area contributed by atoms with Crippen molar-refractivity contribution < 1.29 is 14.6 Å². The van der Waals surface area contributed by atoms with Crippen molar-refractivity contribution in [3.05, 3.63) is 95.6 Å². The monoisotopic (exact) mass is 431 g/mol. The Hall–Kier alpha value is -2.82. The SMILES string of the molecule is CCN1CCC(O)(Cc2ccc(C)cc2)CC1Oc1ccc(OCc2ccccc2)cc1. The highest BCUT2D eigenvalue weighted by molar-refractivity contribution is 5.32. The van der Waals surface area contributed by atoms with E-state index in [0.717, 1.165) is 36.6 Å². The van der Waals surface area contributed by atoms with E-state index in [9.17, 15) is 5.11 Å². The van der Waals surface area contributed by atoms with Gasteiger partial charge in [-0.1, -0.05) is 67.1 Å². The van der Waals surface area contributed by atoms with E-state index in [4.69, 9.17) is 9.47 Å². The molecule has 0 aromatic heterocycles. The number of hydrogen-bond donors (Lipinski definition) is 1. The highest BCUT2D eigenvalue weighted by Crippen LogP contribution is 2.32. The van der Waals surface area contributed by atoms with Crippen LogP contribution in [0.15, 0.2) is 78.9 Å². The average molecular weight is 432 g/mol. The van der Waals surface area contributed by atoms with E-state index in [1.165, 1.54) is 11.1 Å². The van der Waals surface area contributed by atoms with E-state index < -0.39 is 5.60 Å². The molecule has 168 valence electrons. The normalized spacial score (nSPS) is 21.3. The van der Waals surface area contributed by atoms with Crippen LogP contribution in [0.25, 0.3) is 0 Å². The zero-order chi connectivity index (χ0) is 22.4. The van der Waals surface area contributed by atoms with Crippen LogP contribution in [0.3, 0.4) is 0 Å². The summed E-state index contributed by atoms with van der Waals surface area (Å²) in [6.07, 6.45) is 1.83. The van der Waals surface area contributed by atoms with Gasteiger partial charge in [-0.25, -0.2) is 0 Å². The Kier molecular flexibility index (Phi) is 7.13. The number of aliphatic hydroxyl groups is 1. The fourth-order valence-corrected chi connectivity index (χ4v) is 4.29. The molecule has 0 saturated carbocycles. The van der Waals surface area contributed by atoms with Gasteiger partial charge in [-0.15, -0.1) is 0 Å². The predicted molar refractivity (Wildman–Crippen MR) is 128 cm³/mol. The molecule has 0 bridgehead atoms.